The van der Waals surface area contributed by atoms with Gasteiger partial charge in [-0.3, -0.25) is 0 Å². The molecule has 0 aliphatic rings. The summed E-state index contributed by atoms with van der Waals surface area (Å²) in [5.74, 6) is 0.214. The third kappa shape index (κ3) is 3.23. The average molecular weight is 278 g/mol. The van der Waals surface area contributed by atoms with E-state index in [0.29, 0.717) is 16.5 Å². The summed E-state index contributed by atoms with van der Waals surface area (Å²) in [5.41, 5.74) is 0.457. The fraction of sp³-hybridized carbons (Fsp3) is 0.231. The first-order chi connectivity index (χ1) is 9.10. The molecule has 1 aromatic heterocycles. The predicted molar refractivity (Wildman–Crippen MR) is 68.5 cm³/mol. The molecular weight excluding hydrogens is 266 g/mol. The van der Waals surface area contributed by atoms with E-state index >= 15 is 0 Å². The third-order valence-electron chi connectivity index (χ3n) is 2.45. The Morgan fingerprint density at radius 2 is 1.95 bits per heavy atom. The Hall–Kier alpha value is -2.08. The van der Waals surface area contributed by atoms with Crippen molar-refractivity contribution in [3.63, 3.8) is 0 Å². The molecule has 0 bridgehead atoms. The van der Waals surface area contributed by atoms with Crippen molar-refractivity contribution in [1.29, 1.82) is 0 Å². The van der Waals surface area contributed by atoms with E-state index in [1.54, 1.807) is 38.3 Å². The summed E-state index contributed by atoms with van der Waals surface area (Å²) < 4.78 is 10.6. The van der Waals surface area contributed by atoms with Crippen molar-refractivity contribution in [2.45, 2.75) is 13.5 Å². The minimum absolute atomic E-state index is 0.147. The second-order valence-electron chi connectivity index (χ2n) is 3.77. The Balaban J connectivity index is 2.01. The van der Waals surface area contributed by atoms with Crippen LogP contribution in [0, 0.1) is 6.92 Å². The van der Waals surface area contributed by atoms with Crippen molar-refractivity contribution in [1.82, 2.24) is 4.98 Å². The summed E-state index contributed by atoms with van der Waals surface area (Å²) in [4.78, 5) is 15.1. The van der Waals surface area contributed by atoms with Crippen LogP contribution in [0.2, 0.25) is 0 Å². The number of nitrogens with zero attached hydrogens (tertiary/aromatic N) is 1. The number of rotatable bonds is 5. The van der Waals surface area contributed by atoms with E-state index in [0.717, 1.165) is 17.1 Å². The highest BCUT2D eigenvalue weighted by molar-refractivity contribution is 7.13. The van der Waals surface area contributed by atoms with Crippen molar-refractivity contribution in [2.24, 2.45) is 0 Å². The lowest BCUT2D eigenvalue weighted by Crippen LogP contribution is -2.21. The molecule has 2 aromatic rings. The number of hydrogen-bond acceptors (Lipinski definition) is 6. The van der Waals surface area contributed by atoms with Gasteiger partial charge in [-0.05, 0) is 31.2 Å². The number of carbonyl (C=O) groups excluding carboxylic acids is 1. The topological polar surface area (TPSA) is 71.5 Å². The minimum atomic E-state index is -1.20. The molecule has 0 spiro atoms. The number of carboxylic acids is 1. The molecule has 0 aliphatic heterocycles. The van der Waals surface area contributed by atoms with E-state index < -0.39 is 5.97 Å². The first kappa shape index (κ1) is 13.4. The van der Waals surface area contributed by atoms with Crippen molar-refractivity contribution < 1.29 is 19.4 Å². The van der Waals surface area contributed by atoms with Gasteiger partial charge in [0.1, 0.15) is 23.1 Å². The van der Waals surface area contributed by atoms with Crippen LogP contribution < -0.4 is 14.6 Å². The number of aromatic carboxylic acids is 1. The van der Waals surface area contributed by atoms with E-state index in [1.165, 1.54) is 0 Å². The third-order valence-corrected chi connectivity index (χ3v) is 3.56. The maximum absolute atomic E-state index is 10.8. The molecule has 0 N–H and O–H groups in total. The van der Waals surface area contributed by atoms with Gasteiger partial charge in [-0.15, -0.1) is 11.3 Å². The molecule has 5 nitrogen and oxygen atoms in total. The van der Waals surface area contributed by atoms with E-state index in [-0.39, 0.29) is 11.5 Å². The van der Waals surface area contributed by atoms with Crippen LogP contribution >= 0.6 is 11.3 Å². The summed E-state index contributed by atoms with van der Waals surface area (Å²) in [5, 5.41) is 11.4. The fourth-order valence-electron chi connectivity index (χ4n) is 1.52. The van der Waals surface area contributed by atoms with Gasteiger partial charge in [-0.2, -0.15) is 0 Å². The first-order valence-corrected chi connectivity index (χ1v) is 6.36. The SMILES string of the molecule is COc1ccc(OCc2nc(C)c(C(=O)[O-])s2)cc1. The van der Waals surface area contributed by atoms with Crippen LogP contribution in [0.3, 0.4) is 0 Å². The lowest BCUT2D eigenvalue weighted by molar-refractivity contribution is -0.254. The second kappa shape index (κ2) is 5.71. The lowest BCUT2D eigenvalue weighted by atomic mass is 10.3. The van der Waals surface area contributed by atoms with Gasteiger partial charge in [-0.25, -0.2) is 4.98 Å². The molecule has 1 aromatic carbocycles. The van der Waals surface area contributed by atoms with Crippen molar-refractivity contribution >= 4 is 17.3 Å². The van der Waals surface area contributed by atoms with Gasteiger partial charge >= 0.3 is 0 Å². The number of hydrogen-bond donors (Lipinski definition) is 0. The molecular formula is C13H12NO4S-. The number of benzene rings is 1. The number of methoxy groups -OCH3 is 1. The molecule has 0 saturated carbocycles. The maximum atomic E-state index is 10.8. The van der Waals surface area contributed by atoms with E-state index in [9.17, 15) is 9.90 Å². The highest BCUT2D eigenvalue weighted by Crippen LogP contribution is 2.21. The fourth-order valence-corrected chi connectivity index (χ4v) is 2.33. The number of carbonyl (C=O) groups is 1. The molecule has 0 aliphatic carbocycles. The number of aryl methyl sites for hydroxylation is 1. The summed E-state index contributed by atoms with van der Waals surface area (Å²) >= 11 is 1.07. The summed E-state index contributed by atoms with van der Waals surface area (Å²) in [6.45, 7) is 1.86. The quantitative estimate of drug-likeness (QED) is 0.826. The molecule has 0 radical (unpaired) electrons. The zero-order valence-electron chi connectivity index (χ0n) is 10.5. The summed E-state index contributed by atoms with van der Waals surface area (Å²) in [6.07, 6.45) is 0. The summed E-state index contributed by atoms with van der Waals surface area (Å²) in [7, 11) is 1.59. The number of aromatic nitrogens is 1. The number of carboxylic acid groups (broad SMARTS) is 1. The van der Waals surface area contributed by atoms with Gasteiger partial charge in [-0.1, -0.05) is 0 Å². The second-order valence-corrected chi connectivity index (χ2v) is 4.86. The van der Waals surface area contributed by atoms with Gasteiger partial charge in [0.2, 0.25) is 0 Å². The van der Waals surface area contributed by atoms with E-state index in [2.05, 4.69) is 4.98 Å². The molecule has 0 unspecified atom stereocenters. The zero-order valence-corrected chi connectivity index (χ0v) is 11.3. The van der Waals surface area contributed by atoms with E-state index in [1.807, 2.05) is 0 Å². The molecule has 100 valence electrons. The number of ether oxygens (including phenoxy) is 2. The molecule has 6 heteroatoms. The van der Waals surface area contributed by atoms with Crippen molar-refractivity contribution in [3.05, 3.63) is 39.8 Å². The smallest absolute Gasteiger partial charge is 0.140 e. The average Bonchev–Trinajstić information content (AvgIpc) is 2.78. The molecule has 0 amide bonds. The predicted octanol–water partition coefficient (Wildman–Crippen LogP) is 1.40. The zero-order chi connectivity index (χ0) is 13.8. The van der Waals surface area contributed by atoms with Crippen LogP contribution in [0.5, 0.6) is 11.5 Å². The Morgan fingerprint density at radius 3 is 2.47 bits per heavy atom. The van der Waals surface area contributed by atoms with Crippen LogP contribution in [0.15, 0.2) is 24.3 Å². The van der Waals surface area contributed by atoms with Gasteiger partial charge < -0.3 is 19.4 Å². The normalized spacial score (nSPS) is 10.2. The monoisotopic (exact) mass is 278 g/mol. The van der Waals surface area contributed by atoms with Crippen LogP contribution in [0.25, 0.3) is 0 Å². The molecule has 0 atom stereocenters. The van der Waals surface area contributed by atoms with Crippen LogP contribution in [-0.2, 0) is 6.61 Å². The Bertz CT molecular complexity index is 577. The van der Waals surface area contributed by atoms with Crippen molar-refractivity contribution in [2.75, 3.05) is 7.11 Å². The van der Waals surface area contributed by atoms with E-state index in [4.69, 9.17) is 9.47 Å². The van der Waals surface area contributed by atoms with Gasteiger partial charge in [0.25, 0.3) is 0 Å². The Kier molecular flexibility index (Phi) is 4.01. The molecule has 1 heterocycles. The largest absolute Gasteiger partial charge is 0.544 e. The molecule has 0 saturated heterocycles. The van der Waals surface area contributed by atoms with Gasteiger partial charge in [0, 0.05) is 0 Å². The van der Waals surface area contributed by atoms with Crippen molar-refractivity contribution in [3.8, 4) is 11.5 Å². The highest BCUT2D eigenvalue weighted by atomic mass is 32.1. The Morgan fingerprint density at radius 1 is 1.32 bits per heavy atom. The van der Waals surface area contributed by atoms with Crippen LogP contribution in [0.4, 0.5) is 0 Å². The first-order valence-electron chi connectivity index (χ1n) is 5.54. The molecule has 19 heavy (non-hydrogen) atoms. The standard InChI is InChI=1S/C13H13NO4S/c1-8-12(13(15)16)19-11(14-8)7-18-10-5-3-9(17-2)4-6-10/h3-6H,7H2,1-2H3,(H,15,16)/p-1. The highest BCUT2D eigenvalue weighted by Gasteiger charge is 2.08. The summed E-state index contributed by atoms with van der Waals surface area (Å²) in [6, 6.07) is 7.13. The molecule has 0 fully saturated rings. The Labute approximate surface area is 114 Å². The van der Waals surface area contributed by atoms with Crippen LogP contribution in [0.1, 0.15) is 20.4 Å². The van der Waals surface area contributed by atoms with Crippen LogP contribution in [-0.4, -0.2) is 18.1 Å². The van der Waals surface area contributed by atoms with Gasteiger partial charge in [0.05, 0.1) is 23.7 Å². The maximum Gasteiger partial charge on any atom is 0.140 e. The molecule has 2 rings (SSSR count). The lowest BCUT2D eigenvalue weighted by Gasteiger charge is -2.04. The van der Waals surface area contributed by atoms with Gasteiger partial charge in [0.15, 0.2) is 0 Å². The minimum Gasteiger partial charge on any atom is -0.544 e. The number of thiazole rings is 1.